The molecule has 0 heterocycles. The highest BCUT2D eigenvalue weighted by molar-refractivity contribution is 5.68. The molecule has 0 saturated carbocycles. The van der Waals surface area contributed by atoms with Gasteiger partial charge in [0, 0.05) is 12.5 Å². The van der Waals surface area contributed by atoms with Gasteiger partial charge in [-0.3, -0.25) is 0 Å². The molecule has 0 radical (unpaired) electrons. The fourth-order valence-corrected chi connectivity index (χ4v) is 2.24. The molecule has 0 spiro atoms. The van der Waals surface area contributed by atoms with Crippen LogP contribution in [0.2, 0.25) is 0 Å². The van der Waals surface area contributed by atoms with Crippen molar-refractivity contribution >= 4 is 6.09 Å². The monoisotopic (exact) mass is 280 g/mol. The van der Waals surface area contributed by atoms with Crippen LogP contribution < -0.4 is 5.32 Å². The van der Waals surface area contributed by atoms with Gasteiger partial charge >= 0.3 is 6.09 Å². The summed E-state index contributed by atoms with van der Waals surface area (Å²) in [6.45, 7) is 15.4. The summed E-state index contributed by atoms with van der Waals surface area (Å²) in [5.74, 6) is 0.283. The number of amides is 1. The Labute approximate surface area is 123 Å². The second kappa shape index (κ2) is 7.94. The molecular weight excluding hydrogens is 252 g/mol. The highest BCUT2D eigenvalue weighted by atomic mass is 16.6. The quantitative estimate of drug-likeness (QED) is 0.747. The summed E-state index contributed by atoms with van der Waals surface area (Å²) in [5.41, 5.74) is 0.544. The van der Waals surface area contributed by atoms with Crippen molar-refractivity contribution in [3.05, 3.63) is 12.2 Å². The van der Waals surface area contributed by atoms with Gasteiger partial charge in [0.15, 0.2) is 0 Å². The third-order valence-electron chi connectivity index (χ3n) is 2.99. The molecule has 4 heteroatoms. The number of nitriles is 1. The predicted molar refractivity (Wildman–Crippen MR) is 81.1 cm³/mol. The molecule has 0 aromatic rings. The highest BCUT2D eigenvalue weighted by Crippen LogP contribution is 2.22. The van der Waals surface area contributed by atoms with Crippen LogP contribution in [0.5, 0.6) is 0 Å². The van der Waals surface area contributed by atoms with Crippen molar-refractivity contribution in [3.8, 4) is 6.07 Å². The van der Waals surface area contributed by atoms with Gasteiger partial charge in [-0.15, -0.1) is 6.58 Å². The number of rotatable bonds is 6. The lowest BCUT2D eigenvalue weighted by Gasteiger charge is -2.31. The van der Waals surface area contributed by atoms with Crippen LogP contribution in [0.4, 0.5) is 4.79 Å². The second-order valence-electron chi connectivity index (χ2n) is 6.65. The Kier molecular flexibility index (Phi) is 7.34. The molecule has 20 heavy (non-hydrogen) atoms. The van der Waals surface area contributed by atoms with E-state index in [0.29, 0.717) is 6.42 Å². The van der Waals surface area contributed by atoms with Gasteiger partial charge in [0.25, 0.3) is 0 Å². The second-order valence-corrected chi connectivity index (χ2v) is 6.65. The Morgan fingerprint density at radius 2 is 1.90 bits per heavy atom. The maximum absolute atomic E-state index is 11.9. The average molecular weight is 280 g/mol. The minimum Gasteiger partial charge on any atom is -0.444 e. The number of allylic oxidation sites excluding steroid dienone is 1. The van der Waals surface area contributed by atoms with Crippen LogP contribution in [0.25, 0.3) is 0 Å². The van der Waals surface area contributed by atoms with Gasteiger partial charge in [-0.05, 0) is 46.0 Å². The lowest BCUT2D eigenvalue weighted by Crippen LogP contribution is -2.46. The van der Waals surface area contributed by atoms with Crippen molar-refractivity contribution in [1.29, 1.82) is 5.26 Å². The molecule has 0 rings (SSSR count). The van der Waals surface area contributed by atoms with E-state index in [1.54, 1.807) is 0 Å². The topological polar surface area (TPSA) is 62.1 Å². The maximum atomic E-state index is 11.9. The smallest absolute Gasteiger partial charge is 0.407 e. The van der Waals surface area contributed by atoms with E-state index in [1.807, 2.05) is 34.6 Å². The minimum atomic E-state index is -0.523. The molecule has 0 aromatic carbocycles. The third kappa shape index (κ3) is 7.83. The van der Waals surface area contributed by atoms with Crippen LogP contribution in [0.3, 0.4) is 0 Å². The van der Waals surface area contributed by atoms with Gasteiger partial charge in [0.05, 0.1) is 6.07 Å². The lowest BCUT2D eigenvalue weighted by molar-refractivity contribution is 0.0465. The predicted octanol–water partition coefficient (Wildman–Crippen LogP) is 4.03. The normalized spacial score (nSPS) is 15.7. The van der Waals surface area contributed by atoms with E-state index in [4.69, 9.17) is 10.00 Å². The Hall–Kier alpha value is -1.50. The summed E-state index contributed by atoms with van der Waals surface area (Å²) in [7, 11) is 0. The van der Waals surface area contributed by atoms with E-state index in [9.17, 15) is 4.79 Å². The number of alkyl carbamates (subject to hydrolysis) is 1. The molecule has 4 nitrogen and oxygen atoms in total. The lowest BCUT2D eigenvalue weighted by atomic mass is 9.85. The van der Waals surface area contributed by atoms with Crippen molar-refractivity contribution < 1.29 is 9.53 Å². The van der Waals surface area contributed by atoms with Crippen molar-refractivity contribution in [2.24, 2.45) is 11.8 Å². The van der Waals surface area contributed by atoms with E-state index in [2.05, 4.69) is 24.9 Å². The van der Waals surface area contributed by atoms with Gasteiger partial charge in [-0.2, -0.15) is 5.26 Å². The van der Waals surface area contributed by atoms with Gasteiger partial charge in [-0.1, -0.05) is 19.4 Å². The first kappa shape index (κ1) is 18.5. The van der Waals surface area contributed by atoms with Gasteiger partial charge < -0.3 is 10.1 Å². The third-order valence-corrected chi connectivity index (χ3v) is 2.99. The first-order chi connectivity index (χ1) is 9.06. The van der Waals surface area contributed by atoms with Crippen molar-refractivity contribution in [2.45, 2.75) is 66.0 Å². The molecule has 0 fully saturated rings. The molecule has 1 amide bonds. The maximum Gasteiger partial charge on any atom is 0.407 e. The molecule has 0 saturated heterocycles. The van der Waals surface area contributed by atoms with Crippen LogP contribution in [-0.2, 0) is 4.74 Å². The zero-order valence-electron chi connectivity index (χ0n) is 13.6. The molecule has 3 atom stereocenters. The minimum absolute atomic E-state index is 0.0712. The summed E-state index contributed by atoms with van der Waals surface area (Å²) in [5, 5.41) is 11.8. The number of carbonyl (C=O) groups is 1. The molecule has 3 unspecified atom stereocenters. The number of hydrogen-bond donors (Lipinski definition) is 1. The van der Waals surface area contributed by atoms with E-state index in [-0.39, 0.29) is 17.9 Å². The fraction of sp³-hybridized carbons (Fsp3) is 0.750. The molecule has 0 aliphatic carbocycles. The number of hydrogen-bond acceptors (Lipinski definition) is 3. The van der Waals surface area contributed by atoms with Crippen LogP contribution in [0, 0.1) is 23.2 Å². The summed E-state index contributed by atoms with van der Waals surface area (Å²) in [4.78, 5) is 11.9. The Bertz CT molecular complexity index is 377. The number of ether oxygens (including phenoxy) is 1. The SMILES string of the molecule is C=C(C)CC(C)C(NC(=O)OC(C)(C)C)C(C)CC#N. The van der Waals surface area contributed by atoms with E-state index in [1.165, 1.54) is 0 Å². The zero-order valence-corrected chi connectivity index (χ0v) is 13.6. The molecule has 1 N–H and O–H groups in total. The van der Waals surface area contributed by atoms with Crippen molar-refractivity contribution in [1.82, 2.24) is 5.32 Å². The summed E-state index contributed by atoms with van der Waals surface area (Å²) in [6.07, 6.45) is 0.790. The van der Waals surface area contributed by atoms with Crippen molar-refractivity contribution in [2.75, 3.05) is 0 Å². The van der Waals surface area contributed by atoms with Gasteiger partial charge in [0.2, 0.25) is 0 Å². The Morgan fingerprint density at radius 3 is 2.30 bits per heavy atom. The average Bonchev–Trinajstić information content (AvgIpc) is 2.22. The number of carbonyl (C=O) groups excluding carboxylic acids is 1. The zero-order chi connectivity index (χ0) is 15.9. The molecule has 114 valence electrons. The summed E-state index contributed by atoms with van der Waals surface area (Å²) in [6, 6.07) is 2.07. The van der Waals surface area contributed by atoms with Crippen LogP contribution in [0.1, 0.15) is 54.4 Å². The molecule has 0 aliphatic heterocycles. The number of nitrogens with one attached hydrogen (secondary N) is 1. The first-order valence-corrected chi connectivity index (χ1v) is 7.07. The van der Waals surface area contributed by atoms with E-state index < -0.39 is 11.7 Å². The van der Waals surface area contributed by atoms with E-state index in [0.717, 1.165) is 12.0 Å². The highest BCUT2D eigenvalue weighted by Gasteiger charge is 2.27. The van der Waals surface area contributed by atoms with Gasteiger partial charge in [0.1, 0.15) is 5.60 Å². The Morgan fingerprint density at radius 1 is 1.35 bits per heavy atom. The number of nitrogens with zero attached hydrogens (tertiary/aromatic N) is 1. The van der Waals surface area contributed by atoms with E-state index >= 15 is 0 Å². The van der Waals surface area contributed by atoms with Crippen molar-refractivity contribution in [3.63, 3.8) is 0 Å². The molecule has 0 bridgehead atoms. The molecular formula is C16H28N2O2. The molecule has 0 aliphatic rings. The largest absolute Gasteiger partial charge is 0.444 e. The first-order valence-electron chi connectivity index (χ1n) is 7.07. The standard InChI is InChI=1S/C16H28N2O2/c1-11(2)10-13(4)14(12(3)8-9-17)18-15(19)20-16(5,6)7/h12-14H,1,8,10H2,2-7H3,(H,18,19). The van der Waals surface area contributed by atoms with Crippen LogP contribution in [0.15, 0.2) is 12.2 Å². The molecule has 0 aromatic heterocycles. The fourth-order valence-electron chi connectivity index (χ4n) is 2.24. The van der Waals surface area contributed by atoms with Crippen LogP contribution >= 0.6 is 0 Å². The van der Waals surface area contributed by atoms with Gasteiger partial charge in [-0.25, -0.2) is 4.79 Å². The Balaban J connectivity index is 4.81. The summed E-state index contributed by atoms with van der Waals surface area (Å²) < 4.78 is 5.30. The van der Waals surface area contributed by atoms with Crippen LogP contribution in [-0.4, -0.2) is 17.7 Å². The summed E-state index contributed by atoms with van der Waals surface area (Å²) >= 11 is 0.